The van der Waals surface area contributed by atoms with Gasteiger partial charge in [-0.15, -0.1) is 0 Å². The van der Waals surface area contributed by atoms with Crippen LogP contribution in [0.4, 0.5) is 11.6 Å². The summed E-state index contributed by atoms with van der Waals surface area (Å²) in [6, 6.07) is 32.7. The third-order valence-corrected chi connectivity index (χ3v) is 21.7. The molecule has 2 aliphatic carbocycles. The Kier molecular flexibility index (Phi) is 4.17. The van der Waals surface area contributed by atoms with Crippen molar-refractivity contribution >= 4 is 85.5 Å². The van der Waals surface area contributed by atoms with Crippen LogP contribution in [0.15, 0.2) is 122 Å². The summed E-state index contributed by atoms with van der Waals surface area (Å²) in [5.74, 6) is 2.59. The van der Waals surface area contributed by atoms with Crippen LogP contribution in [0.1, 0.15) is 33.4 Å². The molecular weight excluding hydrogens is 658 g/mol. The molecule has 10 rings (SSSR count). The number of rotatable bonds is 0. The van der Waals surface area contributed by atoms with Crippen LogP contribution in [0.2, 0.25) is 0 Å². The van der Waals surface area contributed by atoms with Gasteiger partial charge in [-0.25, -0.2) is 0 Å². The molecule has 1 aromatic heterocycles. The van der Waals surface area contributed by atoms with Crippen molar-refractivity contribution in [1.29, 1.82) is 0 Å². The van der Waals surface area contributed by atoms with Crippen LogP contribution in [0.25, 0.3) is 10.8 Å². The van der Waals surface area contributed by atoms with Gasteiger partial charge in [0, 0.05) is 0 Å². The van der Waals surface area contributed by atoms with Gasteiger partial charge in [-0.1, -0.05) is 0 Å². The summed E-state index contributed by atoms with van der Waals surface area (Å²) in [4.78, 5) is 26.3. The van der Waals surface area contributed by atoms with Crippen molar-refractivity contribution in [3.05, 3.63) is 130 Å². The monoisotopic (exact) mass is 674 g/mol. The zero-order chi connectivity index (χ0) is 27.1. The Balaban J connectivity index is 1.47. The van der Waals surface area contributed by atoms with Crippen LogP contribution >= 0.6 is 17.8 Å². The maximum atomic E-state index is 7.94. The Hall–Kier alpha value is -3.85. The first kappa shape index (κ1) is 22.8. The molecule has 6 nitrogen and oxygen atoms in total. The summed E-state index contributed by atoms with van der Waals surface area (Å²) < 4.78 is 1.00. The third kappa shape index (κ3) is 2.57. The molecular formula is C32H16Cl2N6Sn. The van der Waals surface area contributed by atoms with Crippen molar-refractivity contribution in [2.24, 2.45) is 25.0 Å². The molecule has 41 heavy (non-hydrogen) atoms. The summed E-state index contributed by atoms with van der Waals surface area (Å²) in [6.45, 7) is 0. The number of fused-ring (bicyclic) bond motifs is 13. The zero-order valence-electron chi connectivity index (χ0n) is 21.2. The predicted molar refractivity (Wildman–Crippen MR) is 168 cm³/mol. The number of benzene rings is 4. The van der Waals surface area contributed by atoms with Gasteiger partial charge in [-0.05, 0) is 0 Å². The van der Waals surface area contributed by atoms with E-state index in [0.717, 1.165) is 67.1 Å². The molecule has 0 unspecified atom stereocenters. The minimum atomic E-state index is -4.81. The third-order valence-electron chi connectivity index (χ3n) is 8.67. The summed E-state index contributed by atoms with van der Waals surface area (Å²) in [5, 5.41) is 1.88. The molecule has 192 valence electrons. The van der Waals surface area contributed by atoms with E-state index in [-0.39, 0.29) is 0 Å². The van der Waals surface area contributed by atoms with Gasteiger partial charge in [0.1, 0.15) is 0 Å². The number of amidine groups is 2. The average Bonchev–Trinajstić information content (AvgIpc) is 3.49. The number of aliphatic imine (C=N–C) groups is 5. The molecule has 5 aliphatic rings. The summed E-state index contributed by atoms with van der Waals surface area (Å²) >= 11 is -4.81. The summed E-state index contributed by atoms with van der Waals surface area (Å²) in [7, 11) is 15.9. The van der Waals surface area contributed by atoms with Gasteiger partial charge in [0.05, 0.1) is 0 Å². The van der Waals surface area contributed by atoms with E-state index in [2.05, 4.69) is 39.2 Å². The number of aromatic nitrogens is 1. The van der Waals surface area contributed by atoms with Crippen molar-refractivity contribution in [1.82, 2.24) is 2.79 Å². The molecule has 4 bridgehead atoms. The topological polar surface area (TPSA) is 66.7 Å². The molecule has 0 saturated carbocycles. The van der Waals surface area contributed by atoms with Crippen molar-refractivity contribution in [2.75, 3.05) is 0 Å². The van der Waals surface area contributed by atoms with E-state index in [1.54, 1.807) is 0 Å². The van der Waals surface area contributed by atoms with E-state index in [4.69, 9.17) is 42.8 Å². The van der Waals surface area contributed by atoms with Crippen LogP contribution in [-0.4, -0.2) is 48.0 Å². The first-order valence-corrected chi connectivity index (χ1v) is 23.3. The fraction of sp³-hybridized carbons (Fsp3) is 0.0312. The van der Waals surface area contributed by atoms with E-state index >= 15 is 0 Å². The van der Waals surface area contributed by atoms with Gasteiger partial charge in [-0.2, -0.15) is 0 Å². The van der Waals surface area contributed by atoms with E-state index in [9.17, 15) is 0 Å². The van der Waals surface area contributed by atoms with Crippen LogP contribution in [-0.2, 0) is 3.55 Å². The van der Waals surface area contributed by atoms with E-state index in [1.807, 2.05) is 60.7 Å². The van der Waals surface area contributed by atoms with E-state index in [0.29, 0.717) is 17.5 Å². The first-order chi connectivity index (χ1) is 20.1. The number of hydrogen-bond acceptors (Lipinski definition) is 5. The molecule has 0 N–H and O–H groups in total. The Labute approximate surface area is 245 Å². The number of hydrogen-bond donors (Lipinski definition) is 0. The molecule has 9 heteroatoms. The van der Waals surface area contributed by atoms with Crippen LogP contribution in [0.5, 0.6) is 0 Å². The van der Waals surface area contributed by atoms with Crippen molar-refractivity contribution in [3.63, 3.8) is 0 Å². The van der Waals surface area contributed by atoms with Crippen LogP contribution in [0.3, 0.4) is 0 Å². The average molecular weight is 674 g/mol. The Morgan fingerprint density at radius 3 is 1.78 bits per heavy atom. The van der Waals surface area contributed by atoms with Crippen molar-refractivity contribution < 1.29 is 0 Å². The van der Waals surface area contributed by atoms with E-state index < -0.39 is 20.0 Å². The molecule has 1 spiro atoms. The molecule has 4 heterocycles. The molecule has 0 saturated heterocycles. The Morgan fingerprint density at radius 1 is 0.537 bits per heavy atom. The van der Waals surface area contributed by atoms with Gasteiger partial charge < -0.3 is 0 Å². The summed E-state index contributed by atoms with van der Waals surface area (Å²) in [6.07, 6.45) is 0. The first-order valence-electron chi connectivity index (χ1n) is 13.3. The van der Waals surface area contributed by atoms with Crippen LogP contribution in [0, 0.1) is 0 Å². The SMILES string of the molecule is [Cl][Sn]1([Cl])[n]2c3c4ccccc4c2N=C2C(=N[C@@]14C(=NC1=NC(=N3)c3ccccc31)c1ccccc14)c1ccccc12. The summed E-state index contributed by atoms with van der Waals surface area (Å²) in [5.41, 5.74) is 8.37. The predicted octanol–water partition coefficient (Wildman–Crippen LogP) is 6.93. The van der Waals surface area contributed by atoms with Gasteiger partial charge in [0.25, 0.3) is 0 Å². The van der Waals surface area contributed by atoms with Crippen molar-refractivity contribution in [3.8, 4) is 0 Å². The zero-order valence-corrected chi connectivity index (χ0v) is 25.5. The fourth-order valence-electron chi connectivity index (χ4n) is 6.81. The maximum absolute atomic E-state index is 7.94. The van der Waals surface area contributed by atoms with Gasteiger partial charge in [0.2, 0.25) is 0 Å². The number of nitrogens with zero attached hydrogens (tertiary/aromatic N) is 6. The normalized spacial score (nSPS) is 21.5. The Bertz CT molecular complexity index is 2260. The Morgan fingerprint density at radius 2 is 1.07 bits per heavy atom. The molecule has 1 atom stereocenters. The molecule has 0 radical (unpaired) electrons. The van der Waals surface area contributed by atoms with Crippen LogP contribution < -0.4 is 0 Å². The second-order valence-electron chi connectivity index (χ2n) is 10.7. The van der Waals surface area contributed by atoms with E-state index in [1.165, 1.54) is 0 Å². The fourth-order valence-corrected chi connectivity index (χ4v) is 19.1. The quantitative estimate of drug-likeness (QED) is 0.160. The second-order valence-corrected chi connectivity index (χ2v) is 25.7. The molecule has 4 aromatic carbocycles. The second kappa shape index (κ2) is 7.50. The minimum absolute atomic E-state index is 0.592. The van der Waals surface area contributed by atoms with Gasteiger partial charge in [-0.3, -0.25) is 0 Å². The standard InChI is InChI=1S/C32H16N6.2ClH.Sn/c1-3-11-19-17(9-1)25-27(19)34-29-21-13-5-7-15-23(21)31(36-29)38-32-24-16-8-6-14-22(24)30(37-32)35-28-20-12-4-2-10-18(20)26(28)33-25;;;/h1-16H;2*1H;/q-1;;;+3/p-2. The molecule has 0 fully saturated rings. The molecule has 5 aromatic rings. The van der Waals surface area contributed by atoms with Gasteiger partial charge >= 0.3 is 247 Å². The number of halogens is 2. The van der Waals surface area contributed by atoms with Gasteiger partial charge in [0.15, 0.2) is 0 Å². The molecule has 0 amide bonds. The van der Waals surface area contributed by atoms with Crippen molar-refractivity contribution in [2.45, 2.75) is 3.55 Å². The molecule has 3 aliphatic heterocycles.